The highest BCUT2D eigenvalue weighted by Gasteiger charge is 2.19. The Morgan fingerprint density at radius 1 is 0.920 bits per heavy atom. The molecule has 1 N–H and O–H groups in total. The van der Waals surface area contributed by atoms with E-state index in [9.17, 15) is 19.2 Å². The van der Waals surface area contributed by atoms with Gasteiger partial charge in [0.25, 0.3) is 11.1 Å². The molecule has 0 unspecified atom stereocenters. The van der Waals surface area contributed by atoms with Gasteiger partial charge in [0, 0.05) is 43.7 Å². The monoisotopic (exact) mass is 346 g/mol. The van der Waals surface area contributed by atoms with E-state index in [4.69, 9.17) is 0 Å². The van der Waals surface area contributed by atoms with Crippen molar-refractivity contribution in [1.29, 1.82) is 0 Å². The Kier molecular flexibility index (Phi) is 5.16. The van der Waals surface area contributed by atoms with E-state index in [0.717, 1.165) is 32.1 Å². The lowest BCUT2D eigenvalue weighted by atomic mass is 9.95. The molecule has 3 rings (SSSR count). The maximum absolute atomic E-state index is 12.7. The molecule has 2 aromatic heterocycles. The van der Waals surface area contributed by atoms with Crippen LogP contribution in [-0.4, -0.2) is 18.7 Å². The quantitative estimate of drug-likeness (QED) is 0.850. The Hall–Kier alpha value is -2.64. The van der Waals surface area contributed by atoms with Crippen LogP contribution >= 0.6 is 0 Å². The Bertz CT molecular complexity index is 960. The van der Waals surface area contributed by atoms with Crippen molar-refractivity contribution < 1.29 is 0 Å². The molecule has 0 aromatic carbocycles. The average Bonchev–Trinajstić information content (AvgIpc) is 2.60. The molecule has 0 atom stereocenters. The first-order valence-electron chi connectivity index (χ1n) is 8.68. The van der Waals surface area contributed by atoms with Gasteiger partial charge in [-0.25, -0.2) is 9.59 Å². The van der Waals surface area contributed by atoms with Gasteiger partial charge in [0.15, 0.2) is 0 Å². The van der Waals surface area contributed by atoms with Gasteiger partial charge in [-0.3, -0.25) is 19.1 Å². The van der Waals surface area contributed by atoms with E-state index in [1.165, 1.54) is 38.2 Å². The van der Waals surface area contributed by atoms with E-state index < -0.39 is 11.2 Å². The SMILES string of the molecule is O=c1ccn(CCCn2ccc(=O)n(C3CCCCC3)c2=O)c(=O)[nH]1. The molecular formula is C17H22N4O4. The highest BCUT2D eigenvalue weighted by molar-refractivity contribution is 4.90. The predicted molar refractivity (Wildman–Crippen MR) is 93.0 cm³/mol. The molecule has 0 aliphatic heterocycles. The second-order valence-corrected chi connectivity index (χ2v) is 6.45. The van der Waals surface area contributed by atoms with Crippen molar-refractivity contribution in [3.8, 4) is 0 Å². The van der Waals surface area contributed by atoms with Crippen molar-refractivity contribution in [2.75, 3.05) is 0 Å². The number of H-pyrrole nitrogens is 1. The van der Waals surface area contributed by atoms with Crippen LogP contribution in [0, 0.1) is 0 Å². The summed E-state index contributed by atoms with van der Waals surface area (Å²) in [4.78, 5) is 49.7. The first-order chi connectivity index (χ1) is 12.1. The molecule has 2 aromatic rings. The summed E-state index contributed by atoms with van der Waals surface area (Å²) in [6.45, 7) is 0.780. The van der Waals surface area contributed by atoms with Gasteiger partial charge in [-0.2, -0.15) is 0 Å². The van der Waals surface area contributed by atoms with Crippen LogP contribution in [0.2, 0.25) is 0 Å². The number of nitrogens with zero attached hydrogens (tertiary/aromatic N) is 3. The lowest BCUT2D eigenvalue weighted by Crippen LogP contribution is -2.42. The third-order valence-electron chi connectivity index (χ3n) is 4.72. The van der Waals surface area contributed by atoms with Gasteiger partial charge in [-0.15, -0.1) is 0 Å². The third kappa shape index (κ3) is 3.89. The van der Waals surface area contributed by atoms with Crippen molar-refractivity contribution in [1.82, 2.24) is 18.7 Å². The maximum atomic E-state index is 12.7. The minimum absolute atomic E-state index is 0.0111. The number of nitrogens with one attached hydrogen (secondary N) is 1. The molecule has 1 fully saturated rings. The lowest BCUT2D eigenvalue weighted by Gasteiger charge is -2.23. The first-order valence-corrected chi connectivity index (χ1v) is 8.68. The van der Waals surface area contributed by atoms with Gasteiger partial charge >= 0.3 is 11.4 Å². The standard InChI is InChI=1S/C17H22N4O4/c22-14-7-11-19(16(24)18-14)9-4-10-20-12-8-15(23)21(17(20)25)13-5-2-1-3-6-13/h7-8,11-13H,1-6,9-10H2,(H,18,22,24). The highest BCUT2D eigenvalue weighted by atomic mass is 16.2. The van der Waals surface area contributed by atoms with E-state index in [0.29, 0.717) is 19.5 Å². The largest absolute Gasteiger partial charge is 0.331 e. The molecule has 0 spiro atoms. The van der Waals surface area contributed by atoms with Crippen molar-refractivity contribution >= 4 is 0 Å². The fourth-order valence-corrected chi connectivity index (χ4v) is 3.41. The van der Waals surface area contributed by atoms with Crippen LogP contribution < -0.4 is 22.5 Å². The average molecular weight is 346 g/mol. The van der Waals surface area contributed by atoms with Gasteiger partial charge in [-0.1, -0.05) is 19.3 Å². The van der Waals surface area contributed by atoms with E-state index in [1.54, 1.807) is 0 Å². The van der Waals surface area contributed by atoms with Crippen molar-refractivity contribution in [3.05, 3.63) is 66.2 Å². The van der Waals surface area contributed by atoms with Crippen molar-refractivity contribution in [3.63, 3.8) is 0 Å². The predicted octanol–water partition coefficient (Wildman–Crippen LogP) is 0.456. The minimum atomic E-state index is -0.466. The number of aromatic nitrogens is 4. The smallest absolute Gasteiger partial charge is 0.301 e. The summed E-state index contributed by atoms with van der Waals surface area (Å²) in [7, 11) is 0. The molecule has 1 saturated carbocycles. The molecule has 2 heterocycles. The van der Waals surface area contributed by atoms with Gasteiger partial charge < -0.3 is 9.13 Å². The first kappa shape index (κ1) is 17.2. The second kappa shape index (κ2) is 7.50. The zero-order valence-electron chi connectivity index (χ0n) is 14.0. The number of aromatic amines is 1. The molecule has 0 amide bonds. The normalized spacial score (nSPS) is 15.4. The molecule has 134 valence electrons. The third-order valence-corrected chi connectivity index (χ3v) is 4.72. The second-order valence-electron chi connectivity index (χ2n) is 6.45. The number of aryl methyl sites for hydroxylation is 2. The van der Waals surface area contributed by atoms with Gasteiger partial charge in [-0.05, 0) is 19.3 Å². The fourth-order valence-electron chi connectivity index (χ4n) is 3.41. The molecule has 0 radical (unpaired) electrons. The van der Waals surface area contributed by atoms with E-state index >= 15 is 0 Å². The lowest BCUT2D eigenvalue weighted by molar-refractivity contribution is 0.327. The number of hydrogen-bond acceptors (Lipinski definition) is 4. The zero-order valence-corrected chi connectivity index (χ0v) is 14.0. The minimum Gasteiger partial charge on any atom is -0.301 e. The van der Waals surface area contributed by atoms with Crippen molar-refractivity contribution in [2.24, 2.45) is 0 Å². The van der Waals surface area contributed by atoms with E-state index in [2.05, 4.69) is 4.98 Å². The van der Waals surface area contributed by atoms with Crippen LogP contribution in [-0.2, 0) is 13.1 Å². The molecule has 25 heavy (non-hydrogen) atoms. The summed E-state index contributed by atoms with van der Waals surface area (Å²) >= 11 is 0. The van der Waals surface area contributed by atoms with Crippen LogP contribution in [0.25, 0.3) is 0 Å². The summed E-state index contributed by atoms with van der Waals surface area (Å²) in [6.07, 6.45) is 8.46. The van der Waals surface area contributed by atoms with Gasteiger partial charge in [0.2, 0.25) is 0 Å². The summed E-state index contributed by atoms with van der Waals surface area (Å²) < 4.78 is 4.29. The van der Waals surface area contributed by atoms with Crippen LogP contribution in [0.15, 0.2) is 43.7 Å². The van der Waals surface area contributed by atoms with Crippen molar-refractivity contribution in [2.45, 2.75) is 57.7 Å². The van der Waals surface area contributed by atoms with Crippen LogP contribution in [0.5, 0.6) is 0 Å². The Morgan fingerprint density at radius 3 is 2.32 bits per heavy atom. The molecular weight excluding hydrogens is 324 g/mol. The Balaban J connectivity index is 1.74. The highest BCUT2D eigenvalue weighted by Crippen LogP contribution is 2.25. The zero-order chi connectivity index (χ0) is 17.8. The van der Waals surface area contributed by atoms with Crippen LogP contribution in [0.1, 0.15) is 44.6 Å². The summed E-state index contributed by atoms with van der Waals surface area (Å²) in [5.74, 6) is 0. The fraction of sp³-hybridized carbons (Fsp3) is 0.529. The van der Waals surface area contributed by atoms with Gasteiger partial charge in [0.05, 0.1) is 0 Å². The maximum Gasteiger partial charge on any atom is 0.331 e. The molecule has 1 aliphatic carbocycles. The van der Waals surface area contributed by atoms with Gasteiger partial charge in [0.1, 0.15) is 0 Å². The number of hydrogen-bond donors (Lipinski definition) is 1. The Morgan fingerprint density at radius 2 is 1.60 bits per heavy atom. The summed E-state index contributed by atoms with van der Waals surface area (Å²) in [5.41, 5.74) is -1.43. The summed E-state index contributed by atoms with van der Waals surface area (Å²) in [5, 5.41) is 0. The Labute approximate surface area is 143 Å². The molecule has 0 bridgehead atoms. The number of rotatable bonds is 5. The van der Waals surface area contributed by atoms with E-state index in [-0.39, 0.29) is 17.3 Å². The van der Waals surface area contributed by atoms with Crippen LogP contribution in [0.4, 0.5) is 0 Å². The topological polar surface area (TPSA) is 98.9 Å². The van der Waals surface area contributed by atoms with E-state index in [1.807, 2.05) is 0 Å². The molecule has 1 aliphatic rings. The van der Waals surface area contributed by atoms with Crippen LogP contribution in [0.3, 0.4) is 0 Å². The molecule has 8 heteroatoms. The summed E-state index contributed by atoms with van der Waals surface area (Å²) in [6, 6.07) is 2.71. The molecule has 8 nitrogen and oxygen atoms in total. The molecule has 0 saturated heterocycles.